The first-order valence-electron chi connectivity index (χ1n) is 7.17. The van der Waals surface area contributed by atoms with E-state index in [1.165, 1.54) is 16.5 Å². The fourth-order valence-corrected chi connectivity index (χ4v) is 4.24. The Morgan fingerprint density at radius 3 is 2.95 bits per heavy atom. The van der Waals surface area contributed by atoms with E-state index < -0.39 is 0 Å². The molecule has 0 bridgehead atoms. The van der Waals surface area contributed by atoms with Gasteiger partial charge in [-0.25, -0.2) is 4.79 Å². The van der Waals surface area contributed by atoms with Gasteiger partial charge in [0.15, 0.2) is 0 Å². The van der Waals surface area contributed by atoms with Crippen LogP contribution in [0.15, 0.2) is 46.6 Å². The molecule has 0 aliphatic carbocycles. The van der Waals surface area contributed by atoms with Gasteiger partial charge in [0.25, 0.3) is 0 Å². The molecule has 0 unspecified atom stereocenters. The van der Waals surface area contributed by atoms with Gasteiger partial charge in [-0.2, -0.15) is 0 Å². The molecule has 0 atom stereocenters. The number of carbonyl (C=O) groups excluding carboxylic acids is 1. The van der Waals surface area contributed by atoms with Crippen LogP contribution in [0, 0.1) is 0 Å². The first-order valence-corrected chi connectivity index (χ1v) is 8.84. The zero-order valence-electron chi connectivity index (χ0n) is 12.0. The van der Waals surface area contributed by atoms with E-state index in [9.17, 15) is 4.79 Å². The van der Waals surface area contributed by atoms with Crippen LogP contribution in [0.3, 0.4) is 0 Å². The number of likely N-dealkylation sites (tertiary alicyclic amines) is 1. The lowest BCUT2D eigenvalue weighted by molar-refractivity contribution is 0.129. The van der Waals surface area contributed by atoms with Crippen LogP contribution < -0.4 is 0 Å². The molecule has 2 heterocycles. The lowest BCUT2D eigenvalue weighted by atomic mass is 10.1. The zero-order valence-corrected chi connectivity index (χ0v) is 14.5. The highest BCUT2D eigenvalue weighted by atomic mass is 79.9. The van der Waals surface area contributed by atoms with Crippen LogP contribution in [0.2, 0.25) is 0 Å². The Morgan fingerprint density at radius 2 is 2.23 bits per heavy atom. The van der Waals surface area contributed by atoms with Crippen LogP contribution in [-0.2, 0) is 4.74 Å². The normalized spacial score (nSPS) is 16.0. The summed E-state index contributed by atoms with van der Waals surface area (Å²) in [6.07, 6.45) is 4.90. The number of thioether (sulfide) groups is 1. The summed E-state index contributed by atoms with van der Waals surface area (Å²) < 4.78 is 5.91. The molecular weight excluding hydrogens is 364 g/mol. The highest BCUT2D eigenvalue weighted by Crippen LogP contribution is 2.36. The van der Waals surface area contributed by atoms with Crippen molar-refractivity contribution >= 4 is 44.7 Å². The molecule has 3 rings (SSSR count). The van der Waals surface area contributed by atoms with Crippen molar-refractivity contribution < 1.29 is 9.53 Å². The largest absolute Gasteiger partial charge is 0.419 e. The molecule has 1 saturated heterocycles. The highest BCUT2D eigenvalue weighted by molar-refractivity contribution is 9.10. The number of halogens is 1. The second-order valence-electron chi connectivity index (χ2n) is 5.20. The van der Waals surface area contributed by atoms with Crippen molar-refractivity contribution in [1.82, 2.24) is 9.88 Å². The van der Waals surface area contributed by atoms with Gasteiger partial charge in [0.1, 0.15) is 0 Å². The van der Waals surface area contributed by atoms with Gasteiger partial charge in [-0.05, 0) is 31.0 Å². The number of piperidine rings is 1. The number of hydrogen-bond donors (Lipinski definition) is 1. The number of ether oxygens (including phenoxy) is 1. The SMILES string of the molecule is C=COC(=O)N1CCC(Sc2c[nH]c3ccc(Br)cc23)CC1. The maximum Gasteiger partial charge on any atom is 0.414 e. The second-order valence-corrected chi connectivity index (χ2v) is 7.46. The van der Waals surface area contributed by atoms with Crippen molar-refractivity contribution in [3.63, 3.8) is 0 Å². The molecule has 0 saturated carbocycles. The lowest BCUT2D eigenvalue weighted by Crippen LogP contribution is -2.39. The van der Waals surface area contributed by atoms with E-state index in [0.717, 1.165) is 35.9 Å². The lowest BCUT2D eigenvalue weighted by Gasteiger charge is -2.30. The van der Waals surface area contributed by atoms with Gasteiger partial charge >= 0.3 is 6.09 Å². The molecule has 22 heavy (non-hydrogen) atoms. The third kappa shape index (κ3) is 3.33. The molecule has 1 fully saturated rings. The molecule has 1 aromatic carbocycles. The van der Waals surface area contributed by atoms with Crippen LogP contribution >= 0.6 is 27.7 Å². The van der Waals surface area contributed by atoms with E-state index in [4.69, 9.17) is 4.74 Å². The van der Waals surface area contributed by atoms with E-state index in [2.05, 4.69) is 45.8 Å². The van der Waals surface area contributed by atoms with Gasteiger partial charge in [-0.1, -0.05) is 22.5 Å². The Labute approximate surface area is 142 Å². The Hall–Kier alpha value is -1.40. The average molecular weight is 381 g/mol. The predicted molar refractivity (Wildman–Crippen MR) is 93.1 cm³/mol. The molecule has 6 heteroatoms. The number of aromatic amines is 1. The number of hydrogen-bond acceptors (Lipinski definition) is 3. The fraction of sp³-hybridized carbons (Fsp3) is 0.312. The first-order chi connectivity index (χ1) is 10.7. The summed E-state index contributed by atoms with van der Waals surface area (Å²) in [5, 5.41) is 1.76. The van der Waals surface area contributed by atoms with Crippen molar-refractivity contribution in [3.8, 4) is 0 Å². The summed E-state index contributed by atoms with van der Waals surface area (Å²) in [6, 6.07) is 6.26. The number of amides is 1. The summed E-state index contributed by atoms with van der Waals surface area (Å²) >= 11 is 5.41. The summed E-state index contributed by atoms with van der Waals surface area (Å²) in [5.74, 6) is 0. The summed E-state index contributed by atoms with van der Waals surface area (Å²) in [5.41, 5.74) is 1.15. The Morgan fingerprint density at radius 1 is 1.45 bits per heavy atom. The van der Waals surface area contributed by atoms with Crippen molar-refractivity contribution in [2.75, 3.05) is 13.1 Å². The fourth-order valence-electron chi connectivity index (χ4n) is 2.65. The Kier molecular flexibility index (Phi) is 4.78. The maximum atomic E-state index is 11.6. The van der Waals surface area contributed by atoms with Crippen LogP contribution in [-0.4, -0.2) is 34.3 Å². The van der Waals surface area contributed by atoms with Crippen LogP contribution in [0.4, 0.5) is 4.79 Å². The molecule has 0 radical (unpaired) electrons. The van der Waals surface area contributed by atoms with E-state index >= 15 is 0 Å². The molecular formula is C16H17BrN2O2S. The van der Waals surface area contributed by atoms with E-state index in [1.54, 1.807) is 4.90 Å². The van der Waals surface area contributed by atoms with Gasteiger partial charge < -0.3 is 14.6 Å². The summed E-state index contributed by atoms with van der Waals surface area (Å²) in [6.45, 7) is 4.88. The Balaban J connectivity index is 1.63. The third-order valence-electron chi connectivity index (χ3n) is 3.78. The maximum absolute atomic E-state index is 11.6. The third-order valence-corrected chi connectivity index (χ3v) is 5.67. The topological polar surface area (TPSA) is 45.3 Å². The second kappa shape index (κ2) is 6.79. The van der Waals surface area contributed by atoms with Crippen LogP contribution in [0.1, 0.15) is 12.8 Å². The highest BCUT2D eigenvalue weighted by Gasteiger charge is 2.24. The number of benzene rings is 1. The molecule has 4 nitrogen and oxygen atoms in total. The van der Waals surface area contributed by atoms with Crippen LogP contribution in [0.5, 0.6) is 0 Å². The van der Waals surface area contributed by atoms with Crippen LogP contribution in [0.25, 0.3) is 10.9 Å². The van der Waals surface area contributed by atoms with Crippen molar-refractivity contribution in [3.05, 3.63) is 41.7 Å². The molecule has 116 valence electrons. The molecule has 1 amide bonds. The smallest absolute Gasteiger partial charge is 0.414 e. The zero-order chi connectivity index (χ0) is 15.5. The number of rotatable bonds is 3. The molecule has 1 aliphatic rings. The van der Waals surface area contributed by atoms with E-state index in [-0.39, 0.29) is 6.09 Å². The van der Waals surface area contributed by atoms with E-state index in [1.807, 2.05) is 17.8 Å². The number of fused-ring (bicyclic) bond motifs is 1. The molecule has 1 aromatic heterocycles. The minimum absolute atomic E-state index is 0.297. The molecule has 1 aliphatic heterocycles. The minimum Gasteiger partial charge on any atom is -0.419 e. The number of nitrogens with zero attached hydrogens (tertiary/aromatic N) is 1. The number of carbonyl (C=O) groups is 1. The van der Waals surface area contributed by atoms with Gasteiger partial charge in [0.05, 0.1) is 6.26 Å². The number of aromatic nitrogens is 1. The number of nitrogens with one attached hydrogen (secondary N) is 1. The Bertz CT molecular complexity index is 693. The summed E-state index contributed by atoms with van der Waals surface area (Å²) in [7, 11) is 0. The number of H-pyrrole nitrogens is 1. The van der Waals surface area contributed by atoms with Crippen molar-refractivity contribution in [2.24, 2.45) is 0 Å². The van der Waals surface area contributed by atoms with Gasteiger partial charge in [0.2, 0.25) is 0 Å². The molecule has 0 spiro atoms. The minimum atomic E-state index is -0.297. The van der Waals surface area contributed by atoms with Crippen molar-refractivity contribution in [2.45, 2.75) is 23.0 Å². The molecule has 1 N–H and O–H groups in total. The summed E-state index contributed by atoms with van der Waals surface area (Å²) in [4.78, 5) is 18.0. The standard InChI is InChI=1S/C16H17BrN2O2S/c1-2-21-16(20)19-7-5-12(6-8-19)22-15-10-18-14-4-3-11(17)9-13(14)15/h2-4,9-10,12,18H,1,5-8H2. The van der Waals surface area contributed by atoms with E-state index in [0.29, 0.717) is 5.25 Å². The monoisotopic (exact) mass is 380 g/mol. The predicted octanol–water partition coefficient (Wildman–Crippen LogP) is 4.77. The van der Waals surface area contributed by atoms with Gasteiger partial charge in [-0.3, -0.25) is 0 Å². The molecule has 2 aromatic rings. The van der Waals surface area contributed by atoms with Gasteiger partial charge in [-0.15, -0.1) is 11.8 Å². The average Bonchev–Trinajstić information content (AvgIpc) is 2.90. The van der Waals surface area contributed by atoms with Crippen molar-refractivity contribution in [1.29, 1.82) is 0 Å². The first kappa shape index (κ1) is 15.5. The quantitative estimate of drug-likeness (QED) is 0.780. The van der Waals surface area contributed by atoms with Gasteiger partial charge in [0, 0.05) is 44.8 Å².